The molecule has 26 heavy (non-hydrogen) atoms. The summed E-state index contributed by atoms with van der Waals surface area (Å²) in [6, 6.07) is 0.486. The van der Waals surface area contributed by atoms with Crippen LogP contribution < -0.4 is 5.01 Å². The third-order valence-electron chi connectivity index (χ3n) is 4.45. The number of carbonyl (C=O) groups is 1. The second kappa shape index (κ2) is 7.40. The van der Waals surface area contributed by atoms with Gasteiger partial charge in [-0.25, -0.2) is 24.6 Å². The number of aromatic nitrogens is 4. The minimum Gasteiger partial charge on any atom is -0.381 e. The Balaban J connectivity index is 1.89. The molecule has 2 heterocycles. The summed E-state index contributed by atoms with van der Waals surface area (Å²) in [6.07, 6.45) is 3.61. The van der Waals surface area contributed by atoms with Crippen LogP contribution in [0, 0.1) is 0 Å². The maximum absolute atomic E-state index is 13.0. The number of carbonyl (C=O) groups excluding carboxylic acids is 1. The fourth-order valence-electron chi connectivity index (χ4n) is 3.11. The summed E-state index contributed by atoms with van der Waals surface area (Å²) in [6.45, 7) is 0. The molecule has 1 fully saturated rings. The standard InChI is InChI=1S/C16H18F3N5O2/c1-26-12-4-2-11(3-5-12)24(23-7-6-20-10-23)15(25)13-8-14(16(17,18)19)22-9-21-13/h6-12H,2-5H2,1H3. The summed E-state index contributed by atoms with van der Waals surface area (Å²) in [5.74, 6) is -0.628. The molecule has 0 spiro atoms. The maximum atomic E-state index is 13.0. The van der Waals surface area contributed by atoms with Gasteiger partial charge in [-0.1, -0.05) is 0 Å². The van der Waals surface area contributed by atoms with Gasteiger partial charge in [-0.2, -0.15) is 13.2 Å². The molecule has 0 atom stereocenters. The molecule has 2 aromatic heterocycles. The topological polar surface area (TPSA) is 73.1 Å². The molecular formula is C16H18F3N5O2. The zero-order chi connectivity index (χ0) is 18.7. The van der Waals surface area contributed by atoms with Crippen LogP contribution in [0.25, 0.3) is 0 Å². The predicted octanol–water partition coefficient (Wildman–Crippen LogP) is 2.43. The van der Waals surface area contributed by atoms with Crippen LogP contribution in [0.2, 0.25) is 0 Å². The number of halogens is 3. The SMILES string of the molecule is COC1CCC(N(C(=O)c2cc(C(F)(F)F)ncn2)n2ccnc2)CC1. The van der Waals surface area contributed by atoms with Gasteiger partial charge in [0.25, 0.3) is 5.91 Å². The summed E-state index contributed by atoms with van der Waals surface area (Å²) in [5.41, 5.74) is -1.46. The zero-order valence-corrected chi connectivity index (χ0v) is 14.1. The van der Waals surface area contributed by atoms with Crippen LogP contribution in [-0.4, -0.2) is 44.8 Å². The molecule has 1 saturated carbocycles. The number of alkyl halides is 3. The molecule has 0 unspecified atom stereocenters. The Morgan fingerprint density at radius 1 is 1.27 bits per heavy atom. The molecule has 7 nitrogen and oxygen atoms in total. The van der Waals surface area contributed by atoms with Crippen LogP contribution >= 0.6 is 0 Å². The molecule has 0 N–H and O–H groups in total. The molecule has 0 aromatic carbocycles. The van der Waals surface area contributed by atoms with E-state index in [4.69, 9.17) is 4.74 Å². The molecule has 10 heteroatoms. The fourth-order valence-corrected chi connectivity index (χ4v) is 3.11. The van der Waals surface area contributed by atoms with E-state index in [1.807, 2.05) is 0 Å². The molecule has 2 aromatic rings. The van der Waals surface area contributed by atoms with E-state index in [2.05, 4.69) is 15.0 Å². The molecule has 1 aliphatic carbocycles. The van der Waals surface area contributed by atoms with Gasteiger partial charge in [0.1, 0.15) is 24.0 Å². The number of methoxy groups -OCH3 is 1. The van der Waals surface area contributed by atoms with Gasteiger partial charge in [-0.15, -0.1) is 0 Å². The first-order valence-corrected chi connectivity index (χ1v) is 8.14. The summed E-state index contributed by atoms with van der Waals surface area (Å²) < 4.78 is 45.5. The average Bonchev–Trinajstić information content (AvgIpc) is 3.16. The molecule has 1 amide bonds. The number of imidazole rings is 1. The molecule has 0 saturated heterocycles. The van der Waals surface area contributed by atoms with E-state index in [1.54, 1.807) is 13.3 Å². The Morgan fingerprint density at radius 2 is 2.00 bits per heavy atom. The number of hydrogen-bond donors (Lipinski definition) is 0. The third-order valence-corrected chi connectivity index (χ3v) is 4.45. The van der Waals surface area contributed by atoms with Gasteiger partial charge in [-0.05, 0) is 25.7 Å². The van der Waals surface area contributed by atoms with Gasteiger partial charge >= 0.3 is 6.18 Å². The van der Waals surface area contributed by atoms with Gasteiger partial charge in [0.05, 0.1) is 12.1 Å². The van der Waals surface area contributed by atoms with Crippen molar-refractivity contribution in [2.75, 3.05) is 12.1 Å². The van der Waals surface area contributed by atoms with Crippen LogP contribution in [0.1, 0.15) is 41.9 Å². The molecule has 0 aliphatic heterocycles. The summed E-state index contributed by atoms with van der Waals surface area (Å²) in [4.78, 5) is 23.8. The van der Waals surface area contributed by atoms with Crippen molar-refractivity contribution in [3.63, 3.8) is 0 Å². The Bertz CT molecular complexity index is 743. The van der Waals surface area contributed by atoms with Crippen molar-refractivity contribution in [2.45, 2.75) is 44.0 Å². The maximum Gasteiger partial charge on any atom is 0.433 e. The predicted molar refractivity (Wildman–Crippen MR) is 84.9 cm³/mol. The lowest BCUT2D eigenvalue weighted by Gasteiger charge is -2.36. The van der Waals surface area contributed by atoms with E-state index < -0.39 is 17.8 Å². The monoisotopic (exact) mass is 369 g/mol. The number of hydrogen-bond acceptors (Lipinski definition) is 5. The smallest absolute Gasteiger partial charge is 0.381 e. The van der Waals surface area contributed by atoms with Gasteiger partial charge in [0, 0.05) is 25.6 Å². The summed E-state index contributed by atoms with van der Waals surface area (Å²) >= 11 is 0. The molecule has 140 valence electrons. The van der Waals surface area contributed by atoms with E-state index in [-0.39, 0.29) is 17.8 Å². The van der Waals surface area contributed by atoms with Crippen LogP contribution in [-0.2, 0) is 10.9 Å². The number of rotatable bonds is 4. The van der Waals surface area contributed by atoms with E-state index >= 15 is 0 Å². The van der Waals surface area contributed by atoms with Crippen molar-refractivity contribution in [1.82, 2.24) is 19.6 Å². The molecule has 0 bridgehead atoms. The lowest BCUT2D eigenvalue weighted by Crippen LogP contribution is -2.50. The van der Waals surface area contributed by atoms with Crippen LogP contribution in [0.4, 0.5) is 13.2 Å². The van der Waals surface area contributed by atoms with Gasteiger partial charge in [-0.3, -0.25) is 4.79 Å². The van der Waals surface area contributed by atoms with Crippen LogP contribution in [0.3, 0.4) is 0 Å². The highest BCUT2D eigenvalue weighted by Gasteiger charge is 2.35. The minimum absolute atomic E-state index is 0.127. The van der Waals surface area contributed by atoms with E-state index in [0.29, 0.717) is 18.9 Å². The second-order valence-electron chi connectivity index (χ2n) is 6.04. The molecule has 3 rings (SSSR count). The van der Waals surface area contributed by atoms with Gasteiger partial charge in [0.2, 0.25) is 0 Å². The van der Waals surface area contributed by atoms with Crippen molar-refractivity contribution in [3.8, 4) is 0 Å². The Hall–Kier alpha value is -2.49. The van der Waals surface area contributed by atoms with Crippen molar-refractivity contribution in [1.29, 1.82) is 0 Å². The van der Waals surface area contributed by atoms with Crippen LogP contribution in [0.15, 0.2) is 31.1 Å². The normalized spacial score (nSPS) is 20.8. The lowest BCUT2D eigenvalue weighted by molar-refractivity contribution is -0.141. The number of ether oxygens (including phenoxy) is 1. The quantitative estimate of drug-likeness (QED) is 0.828. The Morgan fingerprint density at radius 3 is 2.58 bits per heavy atom. The highest BCUT2D eigenvalue weighted by atomic mass is 19.4. The summed E-state index contributed by atoms with van der Waals surface area (Å²) in [5, 5.41) is 1.40. The number of amides is 1. The molecular weight excluding hydrogens is 351 g/mol. The first-order chi connectivity index (χ1) is 12.4. The largest absolute Gasteiger partial charge is 0.433 e. The first kappa shape index (κ1) is 18.3. The van der Waals surface area contributed by atoms with E-state index in [0.717, 1.165) is 19.2 Å². The lowest BCUT2D eigenvalue weighted by atomic mass is 9.92. The second-order valence-corrected chi connectivity index (χ2v) is 6.04. The van der Waals surface area contributed by atoms with Crippen molar-refractivity contribution < 1.29 is 22.7 Å². The van der Waals surface area contributed by atoms with Crippen LogP contribution in [0.5, 0.6) is 0 Å². The fraction of sp³-hybridized carbons (Fsp3) is 0.500. The van der Waals surface area contributed by atoms with Crippen molar-refractivity contribution in [2.24, 2.45) is 0 Å². The van der Waals surface area contributed by atoms with E-state index in [1.165, 1.54) is 22.2 Å². The van der Waals surface area contributed by atoms with E-state index in [9.17, 15) is 18.0 Å². The first-order valence-electron chi connectivity index (χ1n) is 8.14. The van der Waals surface area contributed by atoms with Gasteiger partial charge in [0.15, 0.2) is 0 Å². The zero-order valence-electron chi connectivity index (χ0n) is 14.1. The van der Waals surface area contributed by atoms with Crippen molar-refractivity contribution >= 4 is 5.91 Å². The Kier molecular flexibility index (Phi) is 5.21. The van der Waals surface area contributed by atoms with Crippen molar-refractivity contribution in [3.05, 3.63) is 42.5 Å². The minimum atomic E-state index is -4.64. The average molecular weight is 369 g/mol. The highest BCUT2D eigenvalue weighted by molar-refractivity contribution is 6.00. The summed E-state index contributed by atoms with van der Waals surface area (Å²) in [7, 11) is 1.64. The molecule has 1 aliphatic rings. The number of nitrogens with zero attached hydrogens (tertiary/aromatic N) is 5. The third kappa shape index (κ3) is 3.85. The van der Waals surface area contributed by atoms with Gasteiger partial charge < -0.3 is 4.74 Å². The Labute approximate surface area is 147 Å². The highest BCUT2D eigenvalue weighted by Crippen LogP contribution is 2.28. The molecule has 0 radical (unpaired) electrons.